The molecule has 2 aromatic rings. The molecule has 0 aliphatic carbocycles. The van der Waals surface area contributed by atoms with E-state index < -0.39 is 0 Å². The maximum Gasteiger partial charge on any atom is 0.222 e. The van der Waals surface area contributed by atoms with Crippen molar-refractivity contribution in [1.82, 2.24) is 4.90 Å². The summed E-state index contributed by atoms with van der Waals surface area (Å²) in [6.45, 7) is 4.25. The maximum absolute atomic E-state index is 12.5. The smallest absolute Gasteiger partial charge is 0.222 e. The Morgan fingerprint density at radius 3 is 2.44 bits per heavy atom. The van der Waals surface area contributed by atoms with Gasteiger partial charge in [0.1, 0.15) is 13.2 Å². The second-order valence-electron chi connectivity index (χ2n) is 6.53. The maximum atomic E-state index is 12.5. The molecule has 1 amide bonds. The zero-order valence-electron chi connectivity index (χ0n) is 15.6. The molecule has 0 radical (unpaired) electrons. The van der Waals surface area contributed by atoms with Gasteiger partial charge in [-0.05, 0) is 37.1 Å². The molecule has 2 aromatic carbocycles. The summed E-state index contributed by atoms with van der Waals surface area (Å²) in [5.74, 6) is 1.39. The number of fused-ring (bicyclic) bond motifs is 1. The van der Waals surface area contributed by atoms with Crippen molar-refractivity contribution in [3.05, 3.63) is 59.7 Å². The third-order valence-electron chi connectivity index (χ3n) is 4.61. The van der Waals surface area contributed by atoms with E-state index in [4.69, 9.17) is 9.47 Å². The number of carbonyl (C=O) groups excluding carboxylic acids is 2. The Kier molecular flexibility index (Phi) is 6.47. The van der Waals surface area contributed by atoms with Crippen LogP contribution in [0.5, 0.6) is 11.5 Å². The summed E-state index contributed by atoms with van der Waals surface area (Å²) in [6, 6.07) is 15.2. The number of ether oxygens (including phenoxy) is 2. The van der Waals surface area contributed by atoms with E-state index >= 15 is 0 Å². The molecule has 142 valence electrons. The van der Waals surface area contributed by atoms with Gasteiger partial charge in [-0.2, -0.15) is 0 Å². The van der Waals surface area contributed by atoms with Crippen molar-refractivity contribution < 1.29 is 19.1 Å². The minimum Gasteiger partial charge on any atom is -0.486 e. The molecule has 5 heteroatoms. The van der Waals surface area contributed by atoms with E-state index in [1.807, 2.05) is 42.2 Å². The van der Waals surface area contributed by atoms with Crippen molar-refractivity contribution in [2.45, 2.75) is 32.7 Å². The molecule has 3 rings (SSSR count). The lowest BCUT2D eigenvalue weighted by molar-refractivity contribution is -0.131. The van der Waals surface area contributed by atoms with Crippen molar-refractivity contribution in [2.24, 2.45) is 0 Å². The van der Waals surface area contributed by atoms with Gasteiger partial charge in [0.2, 0.25) is 5.91 Å². The van der Waals surface area contributed by atoms with Crippen molar-refractivity contribution in [2.75, 3.05) is 19.8 Å². The fourth-order valence-electron chi connectivity index (χ4n) is 3.10. The summed E-state index contributed by atoms with van der Waals surface area (Å²) in [7, 11) is 0. The Bertz CT molecular complexity index is 788. The molecule has 0 fully saturated rings. The standard InChI is InChI=1S/C22H25NO4/c1-2-23(16-17-7-4-3-5-8-17)22(25)10-6-9-19(24)18-11-12-20-21(15-18)27-14-13-26-20/h3-5,7-8,11-12,15H,2,6,9-10,13-14,16H2,1H3. The van der Waals surface area contributed by atoms with Crippen molar-refractivity contribution >= 4 is 11.7 Å². The fraction of sp³-hybridized carbons (Fsp3) is 0.364. The molecule has 27 heavy (non-hydrogen) atoms. The molecule has 0 saturated heterocycles. The molecule has 0 aromatic heterocycles. The van der Waals surface area contributed by atoms with Gasteiger partial charge in [-0.1, -0.05) is 30.3 Å². The van der Waals surface area contributed by atoms with E-state index in [2.05, 4.69) is 0 Å². The molecule has 1 heterocycles. The minimum absolute atomic E-state index is 0.0193. The van der Waals surface area contributed by atoms with Crippen molar-refractivity contribution in [1.29, 1.82) is 0 Å². The minimum atomic E-state index is 0.0193. The highest BCUT2D eigenvalue weighted by molar-refractivity contribution is 5.96. The van der Waals surface area contributed by atoms with E-state index in [0.717, 1.165) is 5.56 Å². The molecule has 0 saturated carbocycles. The van der Waals surface area contributed by atoms with E-state index in [-0.39, 0.29) is 11.7 Å². The fourth-order valence-corrected chi connectivity index (χ4v) is 3.10. The summed E-state index contributed by atoms with van der Waals surface area (Å²) >= 11 is 0. The normalized spacial score (nSPS) is 12.5. The molecule has 5 nitrogen and oxygen atoms in total. The van der Waals surface area contributed by atoms with Crippen LogP contribution in [0.25, 0.3) is 0 Å². The van der Waals surface area contributed by atoms with Crippen LogP contribution >= 0.6 is 0 Å². The predicted octanol–water partition coefficient (Wildman–Crippen LogP) is 3.86. The topological polar surface area (TPSA) is 55.8 Å². The first-order chi connectivity index (χ1) is 13.2. The Morgan fingerprint density at radius 2 is 1.70 bits per heavy atom. The number of Topliss-reactive ketones (excluding diaryl/α,β-unsaturated/α-hetero) is 1. The first kappa shape index (κ1) is 19.0. The molecule has 0 spiro atoms. The Labute approximate surface area is 159 Å². The Morgan fingerprint density at radius 1 is 0.963 bits per heavy atom. The number of amides is 1. The number of nitrogens with zero attached hydrogens (tertiary/aromatic N) is 1. The average Bonchev–Trinajstić information content (AvgIpc) is 2.72. The van der Waals surface area contributed by atoms with Crippen LogP contribution in [0.3, 0.4) is 0 Å². The Hall–Kier alpha value is -2.82. The first-order valence-electron chi connectivity index (χ1n) is 9.42. The van der Waals surface area contributed by atoms with Gasteiger partial charge < -0.3 is 14.4 Å². The molecular weight excluding hydrogens is 342 g/mol. The zero-order chi connectivity index (χ0) is 19.1. The number of hydrogen-bond donors (Lipinski definition) is 0. The number of rotatable bonds is 8. The van der Waals surface area contributed by atoms with Crippen molar-refractivity contribution in [3.63, 3.8) is 0 Å². The highest BCUT2D eigenvalue weighted by atomic mass is 16.6. The average molecular weight is 367 g/mol. The summed E-state index contributed by atoms with van der Waals surface area (Å²) in [6.07, 6.45) is 1.25. The highest BCUT2D eigenvalue weighted by Gasteiger charge is 2.16. The zero-order valence-corrected chi connectivity index (χ0v) is 15.6. The second-order valence-corrected chi connectivity index (χ2v) is 6.53. The molecule has 0 atom stereocenters. The van der Waals surface area contributed by atoms with Crippen LogP contribution in [0.2, 0.25) is 0 Å². The lowest BCUT2D eigenvalue weighted by Gasteiger charge is -2.21. The van der Waals surface area contributed by atoms with Crippen LogP contribution in [0.4, 0.5) is 0 Å². The Balaban J connectivity index is 1.49. The van der Waals surface area contributed by atoms with Gasteiger partial charge >= 0.3 is 0 Å². The largest absolute Gasteiger partial charge is 0.486 e. The summed E-state index contributed by atoms with van der Waals surface area (Å²) in [4.78, 5) is 26.7. The predicted molar refractivity (Wildman–Crippen MR) is 103 cm³/mol. The molecule has 1 aliphatic rings. The molecule has 1 aliphatic heterocycles. The summed E-state index contributed by atoms with van der Waals surface area (Å²) in [5.41, 5.74) is 1.71. The SMILES string of the molecule is CCN(Cc1ccccc1)C(=O)CCCC(=O)c1ccc2c(c1)OCCO2. The lowest BCUT2D eigenvalue weighted by atomic mass is 10.0. The first-order valence-corrected chi connectivity index (χ1v) is 9.42. The number of ketones is 1. The molecular formula is C22H25NO4. The van der Waals surface area contributed by atoms with Gasteiger partial charge in [0.05, 0.1) is 0 Å². The van der Waals surface area contributed by atoms with Crippen LogP contribution in [-0.2, 0) is 11.3 Å². The van der Waals surface area contributed by atoms with Crippen LogP contribution in [-0.4, -0.2) is 36.3 Å². The van der Waals surface area contributed by atoms with E-state index in [1.54, 1.807) is 18.2 Å². The van der Waals surface area contributed by atoms with Gasteiger partial charge in [-0.25, -0.2) is 0 Å². The van der Waals surface area contributed by atoms with E-state index in [9.17, 15) is 9.59 Å². The highest BCUT2D eigenvalue weighted by Crippen LogP contribution is 2.31. The summed E-state index contributed by atoms with van der Waals surface area (Å²) < 4.78 is 11.0. The third-order valence-corrected chi connectivity index (χ3v) is 4.61. The monoisotopic (exact) mass is 367 g/mol. The number of carbonyl (C=O) groups is 2. The van der Waals surface area contributed by atoms with Gasteiger partial charge in [-0.15, -0.1) is 0 Å². The number of benzene rings is 2. The molecule has 0 unspecified atom stereocenters. The lowest BCUT2D eigenvalue weighted by Crippen LogP contribution is -2.30. The summed E-state index contributed by atoms with van der Waals surface area (Å²) in [5, 5.41) is 0. The van der Waals surface area contributed by atoms with Crippen LogP contribution < -0.4 is 9.47 Å². The van der Waals surface area contributed by atoms with Crippen molar-refractivity contribution in [3.8, 4) is 11.5 Å². The van der Waals surface area contributed by atoms with Crippen LogP contribution in [0, 0.1) is 0 Å². The molecule has 0 bridgehead atoms. The second kappa shape index (κ2) is 9.21. The number of hydrogen-bond acceptors (Lipinski definition) is 4. The van der Waals surface area contributed by atoms with E-state index in [0.29, 0.717) is 62.6 Å². The van der Waals surface area contributed by atoms with Crippen LogP contribution in [0.15, 0.2) is 48.5 Å². The van der Waals surface area contributed by atoms with Gasteiger partial charge in [0.15, 0.2) is 17.3 Å². The van der Waals surface area contributed by atoms with Gasteiger partial charge in [0, 0.05) is 31.5 Å². The van der Waals surface area contributed by atoms with Gasteiger partial charge in [-0.3, -0.25) is 9.59 Å². The van der Waals surface area contributed by atoms with Crippen LogP contribution in [0.1, 0.15) is 42.1 Å². The van der Waals surface area contributed by atoms with E-state index in [1.165, 1.54) is 0 Å². The quantitative estimate of drug-likeness (QED) is 0.665. The van der Waals surface area contributed by atoms with Gasteiger partial charge in [0.25, 0.3) is 0 Å². The molecule has 0 N–H and O–H groups in total. The third kappa shape index (κ3) is 5.09.